The van der Waals surface area contributed by atoms with Gasteiger partial charge in [-0.1, -0.05) is 57.6 Å². The molecule has 2 aliphatic carbocycles. The molecule has 0 saturated heterocycles. The highest BCUT2D eigenvalue weighted by Gasteiger charge is 2.42. The predicted octanol–water partition coefficient (Wildman–Crippen LogP) is 4.16. The van der Waals surface area contributed by atoms with E-state index in [1.54, 1.807) is 0 Å². The fraction of sp³-hybridized carbons (Fsp3) is 0.870. The largest absolute Gasteiger partial charge is 0.396 e. The first-order valence-electron chi connectivity index (χ1n) is 11.2. The SMILES string of the molecule is CCCC1([C@@H](O)CC=C[C@H]2[C@H](O)CC(=O)[C@@H]2CCCCCCCO)CCC1. The van der Waals surface area contributed by atoms with Gasteiger partial charge in [-0.3, -0.25) is 4.79 Å². The van der Waals surface area contributed by atoms with E-state index < -0.39 is 6.10 Å². The Morgan fingerprint density at radius 1 is 1.19 bits per heavy atom. The van der Waals surface area contributed by atoms with E-state index in [-0.39, 0.29) is 42.2 Å². The Kier molecular flexibility index (Phi) is 9.47. The molecule has 2 aliphatic rings. The molecule has 0 heterocycles. The molecule has 0 bridgehead atoms. The van der Waals surface area contributed by atoms with Gasteiger partial charge in [0.05, 0.1) is 12.2 Å². The van der Waals surface area contributed by atoms with Crippen molar-refractivity contribution in [2.75, 3.05) is 6.61 Å². The van der Waals surface area contributed by atoms with Crippen LogP contribution >= 0.6 is 0 Å². The number of unbranched alkanes of at least 4 members (excludes halogenated alkanes) is 4. The first-order valence-corrected chi connectivity index (χ1v) is 11.2. The Labute approximate surface area is 165 Å². The highest BCUT2D eigenvalue weighted by Crippen LogP contribution is 2.48. The average Bonchev–Trinajstić information content (AvgIpc) is 2.87. The molecule has 2 fully saturated rings. The van der Waals surface area contributed by atoms with Crippen molar-refractivity contribution in [3.8, 4) is 0 Å². The summed E-state index contributed by atoms with van der Waals surface area (Å²) < 4.78 is 0. The fourth-order valence-corrected chi connectivity index (χ4v) is 5.09. The molecule has 3 N–H and O–H groups in total. The lowest BCUT2D eigenvalue weighted by molar-refractivity contribution is -0.121. The van der Waals surface area contributed by atoms with Crippen LogP contribution in [0.25, 0.3) is 0 Å². The molecule has 0 unspecified atom stereocenters. The normalized spacial score (nSPS) is 28.6. The van der Waals surface area contributed by atoms with Gasteiger partial charge in [-0.05, 0) is 43.9 Å². The predicted molar refractivity (Wildman–Crippen MR) is 108 cm³/mol. The van der Waals surface area contributed by atoms with Crippen LogP contribution in [0.3, 0.4) is 0 Å². The van der Waals surface area contributed by atoms with Crippen LogP contribution in [-0.2, 0) is 4.79 Å². The third-order valence-corrected chi connectivity index (χ3v) is 6.93. The molecule has 27 heavy (non-hydrogen) atoms. The summed E-state index contributed by atoms with van der Waals surface area (Å²) >= 11 is 0. The van der Waals surface area contributed by atoms with Crippen molar-refractivity contribution in [3.63, 3.8) is 0 Å². The van der Waals surface area contributed by atoms with E-state index in [0.717, 1.165) is 64.2 Å². The summed E-state index contributed by atoms with van der Waals surface area (Å²) in [6, 6.07) is 0. The first kappa shape index (κ1) is 22.6. The van der Waals surface area contributed by atoms with Gasteiger partial charge in [0.2, 0.25) is 0 Å². The molecular formula is C23H40O4. The van der Waals surface area contributed by atoms with E-state index in [9.17, 15) is 15.0 Å². The molecule has 4 nitrogen and oxygen atoms in total. The summed E-state index contributed by atoms with van der Waals surface area (Å²) in [5, 5.41) is 29.8. The van der Waals surface area contributed by atoms with Crippen LogP contribution in [0, 0.1) is 17.3 Å². The number of rotatable bonds is 13. The van der Waals surface area contributed by atoms with E-state index in [4.69, 9.17) is 5.11 Å². The average molecular weight is 381 g/mol. The summed E-state index contributed by atoms with van der Waals surface area (Å²) in [5.74, 6) is 0.0275. The topological polar surface area (TPSA) is 77.8 Å². The molecule has 4 heteroatoms. The molecule has 0 amide bonds. The summed E-state index contributed by atoms with van der Waals surface area (Å²) in [6.07, 6.45) is 15.6. The van der Waals surface area contributed by atoms with Crippen LogP contribution in [0.5, 0.6) is 0 Å². The minimum atomic E-state index is -0.571. The molecule has 2 saturated carbocycles. The van der Waals surface area contributed by atoms with E-state index in [0.29, 0.717) is 6.42 Å². The van der Waals surface area contributed by atoms with Crippen molar-refractivity contribution in [2.45, 2.75) is 103 Å². The van der Waals surface area contributed by atoms with E-state index >= 15 is 0 Å². The zero-order valence-corrected chi connectivity index (χ0v) is 17.1. The fourth-order valence-electron chi connectivity index (χ4n) is 5.09. The number of carbonyl (C=O) groups excluding carboxylic acids is 1. The zero-order valence-electron chi connectivity index (χ0n) is 17.1. The second-order valence-electron chi connectivity index (χ2n) is 8.85. The van der Waals surface area contributed by atoms with Crippen molar-refractivity contribution in [3.05, 3.63) is 12.2 Å². The maximum absolute atomic E-state index is 12.3. The molecule has 0 spiro atoms. The van der Waals surface area contributed by atoms with Crippen LogP contribution < -0.4 is 0 Å². The van der Waals surface area contributed by atoms with Crippen LogP contribution in [0.2, 0.25) is 0 Å². The monoisotopic (exact) mass is 380 g/mol. The molecule has 2 rings (SSSR count). The van der Waals surface area contributed by atoms with Crippen molar-refractivity contribution in [1.29, 1.82) is 0 Å². The van der Waals surface area contributed by atoms with Gasteiger partial charge < -0.3 is 15.3 Å². The smallest absolute Gasteiger partial charge is 0.139 e. The quantitative estimate of drug-likeness (QED) is 0.331. The van der Waals surface area contributed by atoms with Crippen molar-refractivity contribution in [2.24, 2.45) is 17.3 Å². The van der Waals surface area contributed by atoms with Crippen LogP contribution in [0.15, 0.2) is 12.2 Å². The number of hydrogen-bond acceptors (Lipinski definition) is 4. The van der Waals surface area contributed by atoms with E-state index in [2.05, 4.69) is 6.92 Å². The van der Waals surface area contributed by atoms with Gasteiger partial charge in [0, 0.05) is 24.9 Å². The lowest BCUT2D eigenvalue weighted by Gasteiger charge is -2.45. The van der Waals surface area contributed by atoms with Gasteiger partial charge >= 0.3 is 0 Å². The molecule has 156 valence electrons. The first-order chi connectivity index (χ1) is 13.0. The van der Waals surface area contributed by atoms with Crippen molar-refractivity contribution in [1.82, 2.24) is 0 Å². The minimum Gasteiger partial charge on any atom is -0.396 e. The summed E-state index contributed by atoms with van der Waals surface area (Å²) in [4.78, 5) is 12.3. The maximum atomic E-state index is 12.3. The van der Waals surface area contributed by atoms with Gasteiger partial charge in [0.15, 0.2) is 0 Å². The lowest BCUT2D eigenvalue weighted by Crippen LogP contribution is -2.41. The highest BCUT2D eigenvalue weighted by atomic mass is 16.3. The number of ketones is 1. The molecular weight excluding hydrogens is 340 g/mol. The Morgan fingerprint density at radius 3 is 2.52 bits per heavy atom. The third kappa shape index (κ3) is 6.13. The van der Waals surface area contributed by atoms with E-state index in [1.165, 1.54) is 6.42 Å². The van der Waals surface area contributed by atoms with Crippen LogP contribution in [0.1, 0.15) is 90.4 Å². The van der Waals surface area contributed by atoms with Crippen molar-refractivity contribution >= 4 is 5.78 Å². The molecule has 4 atom stereocenters. The number of aliphatic hydroxyl groups is 3. The Morgan fingerprint density at radius 2 is 1.89 bits per heavy atom. The highest BCUT2D eigenvalue weighted by molar-refractivity contribution is 5.84. The van der Waals surface area contributed by atoms with Gasteiger partial charge in [-0.25, -0.2) is 0 Å². The molecule has 0 aromatic heterocycles. The van der Waals surface area contributed by atoms with Gasteiger partial charge in [0.25, 0.3) is 0 Å². The summed E-state index contributed by atoms with van der Waals surface area (Å²) in [6.45, 7) is 2.43. The Hall–Kier alpha value is -0.710. The van der Waals surface area contributed by atoms with E-state index in [1.807, 2.05) is 12.2 Å². The van der Waals surface area contributed by atoms with Gasteiger partial charge in [-0.15, -0.1) is 0 Å². The minimum absolute atomic E-state index is 0.0699. The molecule has 0 aromatic rings. The number of carbonyl (C=O) groups is 1. The maximum Gasteiger partial charge on any atom is 0.139 e. The lowest BCUT2D eigenvalue weighted by atomic mass is 9.62. The number of aliphatic hydroxyl groups excluding tert-OH is 3. The van der Waals surface area contributed by atoms with Gasteiger partial charge in [0.1, 0.15) is 5.78 Å². The van der Waals surface area contributed by atoms with Gasteiger partial charge in [-0.2, -0.15) is 0 Å². The standard InChI is InChI=1S/C23H40O4/c1-2-13-23(14-9-15-23)22(27)12-8-11-19-18(20(25)17-21(19)26)10-6-4-3-5-7-16-24/h8,11,18-19,21-22,24,26-27H,2-7,9-10,12-17H2,1H3/t18-,19-,21-,22+/m1/s1. The van der Waals surface area contributed by atoms with Crippen LogP contribution in [-0.4, -0.2) is 39.9 Å². The molecule has 0 aromatic carbocycles. The van der Waals surface area contributed by atoms with Crippen molar-refractivity contribution < 1.29 is 20.1 Å². The zero-order chi connectivity index (χ0) is 19.7. The second-order valence-corrected chi connectivity index (χ2v) is 8.85. The Balaban J connectivity index is 1.81. The Bertz CT molecular complexity index is 469. The molecule has 0 radical (unpaired) electrons. The third-order valence-electron chi connectivity index (χ3n) is 6.93. The number of Topliss-reactive ketones (excluding diaryl/α,β-unsaturated/α-hetero) is 1. The number of hydrogen-bond donors (Lipinski definition) is 3. The second kappa shape index (κ2) is 11.3. The summed E-state index contributed by atoms with van der Waals surface area (Å²) in [7, 11) is 0. The molecule has 0 aliphatic heterocycles. The van der Waals surface area contributed by atoms with Crippen LogP contribution in [0.4, 0.5) is 0 Å². The summed E-state index contributed by atoms with van der Waals surface area (Å²) in [5.41, 5.74) is 0.108.